The van der Waals surface area contributed by atoms with E-state index in [0.29, 0.717) is 6.04 Å². The third kappa shape index (κ3) is 5.53. The lowest BCUT2D eigenvalue weighted by Crippen LogP contribution is -2.40. The van der Waals surface area contributed by atoms with Crippen LogP contribution in [0, 0.1) is 11.8 Å². The predicted octanol–water partition coefficient (Wildman–Crippen LogP) is 2.32. The number of carbonyl (C=O) groups excluding carboxylic acids is 1. The van der Waals surface area contributed by atoms with E-state index in [1.54, 1.807) is 0 Å². The summed E-state index contributed by atoms with van der Waals surface area (Å²) in [6.07, 6.45) is 6.44. The molecule has 1 fully saturated rings. The molecule has 100 valence electrons. The molecule has 0 heterocycles. The second-order valence-corrected chi connectivity index (χ2v) is 5.49. The van der Waals surface area contributed by atoms with Gasteiger partial charge < -0.3 is 10.6 Å². The summed E-state index contributed by atoms with van der Waals surface area (Å²) < 4.78 is 0. The first kappa shape index (κ1) is 14.5. The van der Waals surface area contributed by atoms with Gasteiger partial charge in [-0.15, -0.1) is 0 Å². The Labute approximate surface area is 106 Å². The van der Waals surface area contributed by atoms with Crippen molar-refractivity contribution in [1.82, 2.24) is 10.6 Å². The van der Waals surface area contributed by atoms with Crippen LogP contribution >= 0.6 is 0 Å². The van der Waals surface area contributed by atoms with E-state index in [2.05, 4.69) is 31.4 Å². The van der Waals surface area contributed by atoms with Gasteiger partial charge in [-0.1, -0.05) is 39.5 Å². The molecule has 0 saturated heterocycles. The Hall–Kier alpha value is -0.570. The molecular formula is C14H28N2O. The van der Waals surface area contributed by atoms with Crippen LogP contribution in [0.3, 0.4) is 0 Å². The Kier molecular flexibility index (Phi) is 6.56. The van der Waals surface area contributed by atoms with Crippen LogP contribution in [0.1, 0.15) is 52.9 Å². The second-order valence-electron chi connectivity index (χ2n) is 5.49. The van der Waals surface area contributed by atoms with Crippen molar-refractivity contribution in [2.45, 2.75) is 58.9 Å². The summed E-state index contributed by atoms with van der Waals surface area (Å²) in [6.45, 7) is 7.94. The molecule has 2 atom stereocenters. The van der Waals surface area contributed by atoms with Gasteiger partial charge in [-0.2, -0.15) is 0 Å². The van der Waals surface area contributed by atoms with Gasteiger partial charge in [0.2, 0.25) is 5.91 Å². The molecule has 0 radical (unpaired) electrons. The predicted molar refractivity (Wildman–Crippen MR) is 71.9 cm³/mol. The molecule has 2 N–H and O–H groups in total. The summed E-state index contributed by atoms with van der Waals surface area (Å²) in [6, 6.07) is 0.364. The van der Waals surface area contributed by atoms with Gasteiger partial charge >= 0.3 is 0 Å². The molecule has 1 saturated carbocycles. The monoisotopic (exact) mass is 240 g/mol. The van der Waals surface area contributed by atoms with Crippen molar-refractivity contribution in [2.24, 2.45) is 11.8 Å². The van der Waals surface area contributed by atoms with Crippen molar-refractivity contribution in [3.05, 3.63) is 0 Å². The maximum atomic E-state index is 11.9. The van der Waals surface area contributed by atoms with Crippen molar-refractivity contribution in [3.8, 4) is 0 Å². The van der Waals surface area contributed by atoms with Gasteiger partial charge in [0, 0.05) is 18.5 Å². The smallest absolute Gasteiger partial charge is 0.222 e. The summed E-state index contributed by atoms with van der Waals surface area (Å²) in [5, 5.41) is 6.34. The number of likely N-dealkylation sites (N-methyl/N-ethyl adjacent to an activating group) is 1. The van der Waals surface area contributed by atoms with Crippen LogP contribution in [0.2, 0.25) is 0 Å². The SMILES string of the molecule is CCN[C@H](C)CNC(=O)C(C)CC1CCCC1. The fraction of sp³-hybridized carbons (Fsp3) is 0.929. The summed E-state index contributed by atoms with van der Waals surface area (Å²) in [4.78, 5) is 11.9. The number of nitrogens with one attached hydrogen (secondary N) is 2. The van der Waals surface area contributed by atoms with Gasteiger partial charge in [0.05, 0.1) is 0 Å². The van der Waals surface area contributed by atoms with Crippen molar-refractivity contribution >= 4 is 5.91 Å². The minimum atomic E-state index is 0.173. The number of hydrogen-bond acceptors (Lipinski definition) is 2. The molecule has 3 nitrogen and oxygen atoms in total. The molecule has 1 aliphatic rings. The Bertz CT molecular complexity index is 224. The van der Waals surface area contributed by atoms with Gasteiger partial charge in [-0.25, -0.2) is 0 Å². The minimum absolute atomic E-state index is 0.173. The largest absolute Gasteiger partial charge is 0.354 e. The summed E-state index contributed by atoms with van der Waals surface area (Å²) >= 11 is 0. The molecular weight excluding hydrogens is 212 g/mol. The van der Waals surface area contributed by atoms with E-state index in [-0.39, 0.29) is 11.8 Å². The molecule has 0 aliphatic heterocycles. The zero-order valence-electron chi connectivity index (χ0n) is 11.6. The zero-order chi connectivity index (χ0) is 12.7. The highest BCUT2D eigenvalue weighted by Gasteiger charge is 2.21. The third-order valence-corrected chi connectivity index (χ3v) is 3.74. The molecule has 0 aromatic carbocycles. The highest BCUT2D eigenvalue weighted by molar-refractivity contribution is 5.78. The lowest BCUT2D eigenvalue weighted by Gasteiger charge is -2.18. The Morgan fingerprint density at radius 1 is 1.29 bits per heavy atom. The minimum Gasteiger partial charge on any atom is -0.354 e. The molecule has 0 aromatic heterocycles. The number of rotatable bonds is 7. The van der Waals surface area contributed by atoms with Crippen LogP contribution in [0.5, 0.6) is 0 Å². The Balaban J connectivity index is 2.17. The average molecular weight is 240 g/mol. The quantitative estimate of drug-likeness (QED) is 0.717. The maximum Gasteiger partial charge on any atom is 0.222 e. The molecule has 3 heteroatoms. The number of amides is 1. The first-order chi connectivity index (χ1) is 8.13. The fourth-order valence-corrected chi connectivity index (χ4v) is 2.70. The lowest BCUT2D eigenvalue weighted by molar-refractivity contribution is -0.125. The number of hydrogen-bond donors (Lipinski definition) is 2. The van der Waals surface area contributed by atoms with Crippen molar-refractivity contribution in [3.63, 3.8) is 0 Å². The van der Waals surface area contributed by atoms with E-state index in [1.807, 2.05) is 0 Å². The summed E-state index contributed by atoms with van der Waals surface area (Å²) in [5.41, 5.74) is 0. The van der Waals surface area contributed by atoms with Gasteiger partial charge in [0.25, 0.3) is 0 Å². The van der Waals surface area contributed by atoms with Crippen LogP contribution in [-0.4, -0.2) is 25.0 Å². The van der Waals surface area contributed by atoms with Gasteiger partial charge in [-0.3, -0.25) is 4.79 Å². The fourth-order valence-electron chi connectivity index (χ4n) is 2.70. The standard InChI is InChI=1S/C14H28N2O/c1-4-15-12(3)10-16-14(17)11(2)9-13-7-5-6-8-13/h11-13,15H,4-10H2,1-3H3,(H,16,17)/t11?,12-/m1/s1. The first-order valence-corrected chi connectivity index (χ1v) is 7.14. The summed E-state index contributed by atoms with van der Waals surface area (Å²) in [7, 11) is 0. The van der Waals surface area contributed by atoms with Crippen molar-refractivity contribution in [1.29, 1.82) is 0 Å². The molecule has 1 amide bonds. The van der Waals surface area contributed by atoms with Crippen molar-refractivity contribution in [2.75, 3.05) is 13.1 Å². The third-order valence-electron chi connectivity index (χ3n) is 3.74. The van der Waals surface area contributed by atoms with Crippen LogP contribution in [0.4, 0.5) is 0 Å². The lowest BCUT2D eigenvalue weighted by atomic mass is 9.94. The topological polar surface area (TPSA) is 41.1 Å². The highest BCUT2D eigenvalue weighted by Crippen LogP contribution is 2.30. The number of carbonyl (C=O) groups is 1. The van der Waals surface area contributed by atoms with Crippen LogP contribution in [0.25, 0.3) is 0 Å². The molecule has 1 unspecified atom stereocenters. The van der Waals surface area contributed by atoms with Crippen molar-refractivity contribution < 1.29 is 4.79 Å². The van der Waals surface area contributed by atoms with E-state index in [4.69, 9.17) is 0 Å². The van der Waals surface area contributed by atoms with E-state index >= 15 is 0 Å². The van der Waals surface area contributed by atoms with Crippen LogP contribution < -0.4 is 10.6 Å². The molecule has 1 rings (SSSR count). The molecule has 17 heavy (non-hydrogen) atoms. The van der Waals surface area contributed by atoms with Crippen LogP contribution in [0.15, 0.2) is 0 Å². The summed E-state index contributed by atoms with van der Waals surface area (Å²) in [5.74, 6) is 1.19. The molecule has 1 aliphatic carbocycles. The van der Waals surface area contributed by atoms with Gasteiger partial charge in [-0.05, 0) is 25.8 Å². The molecule has 0 bridgehead atoms. The van der Waals surface area contributed by atoms with Gasteiger partial charge in [0.15, 0.2) is 0 Å². The molecule has 0 spiro atoms. The van der Waals surface area contributed by atoms with E-state index < -0.39 is 0 Å². The van der Waals surface area contributed by atoms with E-state index in [9.17, 15) is 4.79 Å². The van der Waals surface area contributed by atoms with E-state index in [1.165, 1.54) is 25.7 Å². The van der Waals surface area contributed by atoms with Gasteiger partial charge in [0.1, 0.15) is 0 Å². The Morgan fingerprint density at radius 3 is 2.53 bits per heavy atom. The second kappa shape index (κ2) is 7.70. The molecule has 0 aromatic rings. The zero-order valence-corrected chi connectivity index (χ0v) is 11.6. The Morgan fingerprint density at radius 2 is 1.94 bits per heavy atom. The maximum absolute atomic E-state index is 11.9. The van der Waals surface area contributed by atoms with Crippen LogP contribution in [-0.2, 0) is 4.79 Å². The highest BCUT2D eigenvalue weighted by atomic mass is 16.1. The first-order valence-electron chi connectivity index (χ1n) is 7.14. The normalized spacial score (nSPS) is 20.2. The average Bonchev–Trinajstić information content (AvgIpc) is 2.79. The van der Waals surface area contributed by atoms with E-state index in [0.717, 1.165) is 25.4 Å².